The minimum absolute atomic E-state index is 0. The van der Waals surface area contributed by atoms with Gasteiger partial charge in [-0.15, -0.1) is 0 Å². The highest BCUT2D eigenvalue weighted by Gasteiger charge is 2.19. The fourth-order valence-electron chi connectivity index (χ4n) is 2.44. The van der Waals surface area contributed by atoms with Gasteiger partial charge in [-0.2, -0.15) is 0 Å². The van der Waals surface area contributed by atoms with Crippen LogP contribution in [0.15, 0.2) is 11.6 Å². The molecular weight excluding hydrogens is 252 g/mol. The molecule has 1 heterocycles. The summed E-state index contributed by atoms with van der Waals surface area (Å²) in [5.41, 5.74) is 0.657. The largest absolute Gasteiger partial charge is 0.344 e. The second-order valence-corrected chi connectivity index (χ2v) is 5.42. The summed E-state index contributed by atoms with van der Waals surface area (Å²) in [7, 11) is 0. The number of nitrogens with one attached hydrogen (secondary N) is 1. The first-order valence-corrected chi connectivity index (χ1v) is 7.80. The van der Waals surface area contributed by atoms with E-state index < -0.39 is 0 Å². The lowest BCUT2D eigenvalue weighted by molar-refractivity contribution is -0.123. The van der Waals surface area contributed by atoms with E-state index in [-0.39, 0.29) is 18.0 Å². The summed E-state index contributed by atoms with van der Waals surface area (Å²) < 4.78 is 0. The molecule has 116 valence electrons. The lowest BCUT2D eigenvalue weighted by Crippen LogP contribution is -2.22. The van der Waals surface area contributed by atoms with Crippen molar-refractivity contribution in [1.82, 2.24) is 11.5 Å². The van der Waals surface area contributed by atoms with Crippen molar-refractivity contribution >= 4 is 11.8 Å². The first kappa shape index (κ1) is 18.8. The Morgan fingerprint density at radius 3 is 1.80 bits per heavy atom. The molecular formula is C16H30N2O2. The molecule has 20 heavy (non-hydrogen) atoms. The van der Waals surface area contributed by atoms with Crippen molar-refractivity contribution in [3.63, 3.8) is 0 Å². The topological polar surface area (TPSA) is 81.2 Å². The monoisotopic (exact) mass is 282 g/mol. The second kappa shape index (κ2) is 11.6. The normalized spacial score (nSPS) is 13.9. The molecule has 1 aliphatic heterocycles. The zero-order valence-electron chi connectivity index (χ0n) is 12.9. The Hall–Kier alpha value is -1.16. The molecule has 0 radical (unpaired) electrons. The molecule has 0 atom stereocenters. The summed E-state index contributed by atoms with van der Waals surface area (Å²) in [6.45, 7) is 2.24. The quantitative estimate of drug-likeness (QED) is 0.443. The number of imide groups is 1. The summed E-state index contributed by atoms with van der Waals surface area (Å²) >= 11 is 0. The van der Waals surface area contributed by atoms with Gasteiger partial charge in [-0.1, -0.05) is 64.7 Å². The van der Waals surface area contributed by atoms with Crippen molar-refractivity contribution in [3.8, 4) is 0 Å². The Morgan fingerprint density at radius 1 is 0.850 bits per heavy atom. The van der Waals surface area contributed by atoms with E-state index in [1.54, 1.807) is 0 Å². The number of hydrogen-bond acceptors (Lipinski definition) is 3. The van der Waals surface area contributed by atoms with E-state index >= 15 is 0 Å². The predicted octanol–water partition coefficient (Wildman–Crippen LogP) is 4.04. The van der Waals surface area contributed by atoms with Gasteiger partial charge >= 0.3 is 0 Å². The van der Waals surface area contributed by atoms with Crippen LogP contribution in [-0.2, 0) is 9.59 Å². The number of hydrogen-bond donors (Lipinski definition) is 2. The van der Waals surface area contributed by atoms with Crippen LogP contribution in [0.3, 0.4) is 0 Å². The maximum absolute atomic E-state index is 11.3. The van der Waals surface area contributed by atoms with Crippen molar-refractivity contribution in [1.29, 1.82) is 0 Å². The highest BCUT2D eigenvalue weighted by atomic mass is 16.2. The van der Waals surface area contributed by atoms with Gasteiger partial charge in [0.05, 0.1) is 0 Å². The molecule has 0 aromatic carbocycles. The number of carbonyl (C=O) groups excluding carboxylic acids is 2. The Balaban J connectivity index is 0.00000361. The van der Waals surface area contributed by atoms with Crippen LogP contribution in [0.25, 0.3) is 0 Å². The van der Waals surface area contributed by atoms with Crippen LogP contribution in [0.5, 0.6) is 0 Å². The first-order valence-electron chi connectivity index (χ1n) is 7.80. The lowest BCUT2D eigenvalue weighted by atomic mass is 10.0. The summed E-state index contributed by atoms with van der Waals surface area (Å²) in [4.78, 5) is 22.2. The molecule has 0 fully saturated rings. The molecule has 4 nitrogen and oxygen atoms in total. The molecule has 4 N–H and O–H groups in total. The van der Waals surface area contributed by atoms with Gasteiger partial charge in [0.15, 0.2) is 0 Å². The third-order valence-corrected chi connectivity index (χ3v) is 3.63. The third kappa shape index (κ3) is 8.10. The Kier molecular flexibility index (Phi) is 11.0. The molecule has 2 amide bonds. The average molecular weight is 282 g/mol. The van der Waals surface area contributed by atoms with Crippen LogP contribution in [0.4, 0.5) is 0 Å². The SMILES string of the molecule is CCCCCCCCCCCCC1=CC(=O)NC1=O.N. The number of carbonyl (C=O) groups is 2. The van der Waals surface area contributed by atoms with Crippen LogP contribution in [0.1, 0.15) is 77.6 Å². The molecule has 1 aliphatic rings. The van der Waals surface area contributed by atoms with Crippen molar-refractivity contribution in [2.24, 2.45) is 0 Å². The molecule has 0 saturated heterocycles. The van der Waals surface area contributed by atoms with Gasteiger partial charge in [0.1, 0.15) is 0 Å². The minimum Gasteiger partial charge on any atom is -0.344 e. The van der Waals surface area contributed by atoms with Crippen LogP contribution in [0, 0.1) is 0 Å². The van der Waals surface area contributed by atoms with E-state index in [0.29, 0.717) is 5.57 Å². The zero-order chi connectivity index (χ0) is 13.9. The standard InChI is InChI=1S/C16H27NO2.H3N/c1-2-3-4-5-6-7-8-9-10-11-12-14-13-15(18)17-16(14)19;/h13H,2-12H2,1H3,(H,17,18,19);1H3. The number of amides is 2. The summed E-state index contributed by atoms with van der Waals surface area (Å²) in [6, 6.07) is 0. The van der Waals surface area contributed by atoms with Crippen LogP contribution in [-0.4, -0.2) is 11.8 Å². The van der Waals surface area contributed by atoms with Crippen molar-refractivity contribution in [2.75, 3.05) is 0 Å². The fraction of sp³-hybridized carbons (Fsp3) is 0.750. The highest BCUT2D eigenvalue weighted by molar-refractivity contribution is 6.16. The van der Waals surface area contributed by atoms with Gasteiger partial charge in [0, 0.05) is 11.6 Å². The van der Waals surface area contributed by atoms with Crippen molar-refractivity contribution in [2.45, 2.75) is 77.6 Å². The van der Waals surface area contributed by atoms with E-state index in [0.717, 1.165) is 19.3 Å². The molecule has 4 heteroatoms. The summed E-state index contributed by atoms with van der Waals surface area (Å²) in [6.07, 6.45) is 15.1. The average Bonchev–Trinajstić information content (AvgIpc) is 2.70. The van der Waals surface area contributed by atoms with Crippen LogP contribution < -0.4 is 11.5 Å². The third-order valence-electron chi connectivity index (χ3n) is 3.63. The van der Waals surface area contributed by atoms with E-state index in [1.165, 1.54) is 57.4 Å². The molecule has 1 rings (SSSR count). The van der Waals surface area contributed by atoms with Gasteiger partial charge in [0.2, 0.25) is 0 Å². The molecule has 0 saturated carbocycles. The van der Waals surface area contributed by atoms with E-state index in [2.05, 4.69) is 12.2 Å². The van der Waals surface area contributed by atoms with Crippen molar-refractivity contribution in [3.05, 3.63) is 11.6 Å². The van der Waals surface area contributed by atoms with Gasteiger partial charge in [-0.3, -0.25) is 14.9 Å². The van der Waals surface area contributed by atoms with Gasteiger partial charge in [0.25, 0.3) is 11.8 Å². The Morgan fingerprint density at radius 2 is 1.35 bits per heavy atom. The predicted molar refractivity (Wildman–Crippen MR) is 82.7 cm³/mol. The van der Waals surface area contributed by atoms with Crippen molar-refractivity contribution < 1.29 is 9.59 Å². The fourth-order valence-corrected chi connectivity index (χ4v) is 2.44. The van der Waals surface area contributed by atoms with Crippen LogP contribution in [0.2, 0.25) is 0 Å². The van der Waals surface area contributed by atoms with Gasteiger partial charge in [-0.05, 0) is 12.8 Å². The van der Waals surface area contributed by atoms with E-state index in [9.17, 15) is 9.59 Å². The smallest absolute Gasteiger partial charge is 0.254 e. The van der Waals surface area contributed by atoms with Gasteiger partial charge in [-0.25, -0.2) is 0 Å². The Labute approximate surface area is 123 Å². The van der Waals surface area contributed by atoms with E-state index in [4.69, 9.17) is 0 Å². The molecule has 0 aromatic rings. The molecule has 0 bridgehead atoms. The lowest BCUT2D eigenvalue weighted by Gasteiger charge is -2.02. The number of rotatable bonds is 11. The Bertz CT molecular complexity index is 324. The molecule has 0 spiro atoms. The number of unbranched alkanes of at least 4 members (excludes halogenated alkanes) is 9. The first-order chi connectivity index (χ1) is 9.24. The minimum atomic E-state index is -0.257. The second-order valence-electron chi connectivity index (χ2n) is 5.42. The highest BCUT2D eigenvalue weighted by Crippen LogP contribution is 2.15. The van der Waals surface area contributed by atoms with E-state index in [1.807, 2.05) is 0 Å². The molecule has 0 aliphatic carbocycles. The molecule has 0 aromatic heterocycles. The maximum atomic E-state index is 11.3. The summed E-state index contributed by atoms with van der Waals surface area (Å²) in [5, 5.41) is 2.28. The summed E-state index contributed by atoms with van der Waals surface area (Å²) in [5.74, 6) is -0.451. The maximum Gasteiger partial charge on any atom is 0.254 e. The van der Waals surface area contributed by atoms with Gasteiger partial charge < -0.3 is 6.15 Å². The van der Waals surface area contributed by atoms with Crippen LogP contribution >= 0.6 is 0 Å². The zero-order valence-corrected chi connectivity index (χ0v) is 12.9. The molecule has 0 unspecified atom stereocenters.